The maximum Gasteiger partial charge on any atom is 0.387 e. The molecule has 3 aromatic rings. The molecule has 0 amide bonds. The Labute approximate surface area is 185 Å². The van der Waals surface area contributed by atoms with E-state index in [0.717, 1.165) is 28.2 Å². The molecule has 4 rings (SSSR count). The Morgan fingerprint density at radius 2 is 1.88 bits per heavy atom. The highest BCUT2D eigenvalue weighted by molar-refractivity contribution is 7.93. The summed E-state index contributed by atoms with van der Waals surface area (Å²) in [4.78, 5) is 0.262. The SMILES string of the molecule is Cc1nn(-c2ccccc2)c(C)c1CNS(=O)(=O)C1=Cc2ccc(OC(F)F)cc2CC1. The molecule has 0 bridgehead atoms. The maximum absolute atomic E-state index is 13.0. The number of allylic oxidation sites excluding steroid dienone is 1. The van der Waals surface area contributed by atoms with Crippen LogP contribution >= 0.6 is 0 Å². The number of sulfonamides is 1. The fraction of sp³-hybridized carbons (Fsp3) is 0.261. The van der Waals surface area contributed by atoms with Gasteiger partial charge in [-0.25, -0.2) is 17.8 Å². The number of halogens is 2. The Morgan fingerprint density at radius 3 is 2.59 bits per heavy atom. The van der Waals surface area contributed by atoms with Crippen LogP contribution in [0, 0.1) is 13.8 Å². The highest BCUT2D eigenvalue weighted by Gasteiger charge is 2.23. The monoisotopic (exact) mass is 459 g/mol. The topological polar surface area (TPSA) is 73.2 Å². The van der Waals surface area contributed by atoms with Crippen molar-refractivity contribution in [3.05, 3.63) is 81.5 Å². The summed E-state index contributed by atoms with van der Waals surface area (Å²) in [6, 6.07) is 14.2. The number of nitrogens with zero attached hydrogens (tertiary/aromatic N) is 2. The van der Waals surface area contributed by atoms with Gasteiger partial charge in [-0.05, 0) is 68.2 Å². The summed E-state index contributed by atoms with van der Waals surface area (Å²) in [7, 11) is -3.72. The molecule has 1 aromatic heterocycles. The minimum Gasteiger partial charge on any atom is -0.435 e. The minimum atomic E-state index is -3.72. The van der Waals surface area contributed by atoms with Crippen molar-refractivity contribution in [2.45, 2.75) is 39.8 Å². The van der Waals surface area contributed by atoms with Crippen molar-refractivity contribution < 1.29 is 21.9 Å². The number of aromatic nitrogens is 2. The number of aryl methyl sites for hydroxylation is 2. The predicted molar refractivity (Wildman–Crippen MR) is 118 cm³/mol. The van der Waals surface area contributed by atoms with Crippen LogP contribution in [-0.2, 0) is 23.0 Å². The van der Waals surface area contributed by atoms with Crippen molar-refractivity contribution in [3.63, 3.8) is 0 Å². The van der Waals surface area contributed by atoms with Gasteiger partial charge in [0.1, 0.15) is 5.75 Å². The third-order valence-electron chi connectivity index (χ3n) is 5.52. The first kappa shape index (κ1) is 22.2. The van der Waals surface area contributed by atoms with Gasteiger partial charge in [-0.15, -0.1) is 0 Å². The number of hydrogen-bond acceptors (Lipinski definition) is 4. The molecular formula is C23H23F2N3O3S. The second-order valence-corrected chi connectivity index (χ2v) is 9.39. The fourth-order valence-corrected chi connectivity index (χ4v) is 5.01. The lowest BCUT2D eigenvalue weighted by Crippen LogP contribution is -2.26. The van der Waals surface area contributed by atoms with Crippen LogP contribution in [0.1, 0.15) is 34.5 Å². The average molecular weight is 460 g/mol. The van der Waals surface area contributed by atoms with Crippen LogP contribution < -0.4 is 9.46 Å². The molecule has 9 heteroatoms. The molecule has 0 aliphatic heterocycles. The molecule has 2 aromatic carbocycles. The second kappa shape index (κ2) is 8.84. The van der Waals surface area contributed by atoms with Gasteiger partial charge in [0.25, 0.3) is 0 Å². The third-order valence-corrected chi connectivity index (χ3v) is 7.06. The molecule has 0 saturated carbocycles. The van der Waals surface area contributed by atoms with E-state index in [9.17, 15) is 17.2 Å². The average Bonchev–Trinajstić information content (AvgIpc) is 3.05. The zero-order valence-corrected chi connectivity index (χ0v) is 18.5. The first-order valence-corrected chi connectivity index (χ1v) is 11.6. The molecule has 0 spiro atoms. The van der Waals surface area contributed by atoms with Crippen LogP contribution in [0.4, 0.5) is 8.78 Å². The molecule has 0 fully saturated rings. The van der Waals surface area contributed by atoms with Gasteiger partial charge in [0.15, 0.2) is 0 Å². The summed E-state index contributed by atoms with van der Waals surface area (Å²) < 4.78 is 59.7. The van der Waals surface area contributed by atoms with Gasteiger partial charge in [-0.1, -0.05) is 24.3 Å². The van der Waals surface area contributed by atoms with Gasteiger partial charge in [0.2, 0.25) is 10.0 Å². The minimum absolute atomic E-state index is 0.0676. The Morgan fingerprint density at radius 1 is 1.12 bits per heavy atom. The molecule has 0 unspecified atom stereocenters. The van der Waals surface area contributed by atoms with Gasteiger partial charge in [0.05, 0.1) is 16.3 Å². The number of benzene rings is 2. The fourth-order valence-electron chi connectivity index (χ4n) is 3.84. The summed E-state index contributed by atoms with van der Waals surface area (Å²) in [5.74, 6) is 0.0676. The van der Waals surface area contributed by atoms with Crippen LogP contribution in [0.2, 0.25) is 0 Å². The quantitative estimate of drug-likeness (QED) is 0.565. The third kappa shape index (κ3) is 4.58. The van der Waals surface area contributed by atoms with Crippen LogP contribution in [-0.4, -0.2) is 24.8 Å². The van der Waals surface area contributed by atoms with Crippen molar-refractivity contribution in [1.82, 2.24) is 14.5 Å². The van der Waals surface area contributed by atoms with E-state index in [0.29, 0.717) is 12.0 Å². The number of para-hydroxylation sites is 1. The molecule has 0 radical (unpaired) electrons. The first-order chi connectivity index (χ1) is 15.2. The van der Waals surface area contributed by atoms with Crippen LogP contribution in [0.3, 0.4) is 0 Å². The first-order valence-electron chi connectivity index (χ1n) is 10.1. The van der Waals surface area contributed by atoms with E-state index < -0.39 is 16.6 Å². The van der Waals surface area contributed by atoms with Gasteiger partial charge < -0.3 is 4.74 Å². The van der Waals surface area contributed by atoms with Crippen LogP contribution in [0.5, 0.6) is 5.75 Å². The molecule has 0 atom stereocenters. The molecule has 32 heavy (non-hydrogen) atoms. The normalized spacial score (nSPS) is 13.7. The van der Waals surface area contributed by atoms with E-state index >= 15 is 0 Å². The maximum atomic E-state index is 13.0. The Bertz CT molecular complexity index is 1270. The molecule has 1 aliphatic rings. The molecular weight excluding hydrogens is 436 g/mol. The largest absolute Gasteiger partial charge is 0.435 e. The van der Waals surface area contributed by atoms with Crippen LogP contribution in [0.25, 0.3) is 11.8 Å². The molecule has 0 saturated heterocycles. The highest BCUT2D eigenvalue weighted by Crippen LogP contribution is 2.30. The standard InChI is InChI=1S/C23H23F2N3O3S/c1-15-22(16(2)28(27-15)19-6-4-3-5-7-19)14-26-32(29,30)21-11-9-17-12-20(31-23(24)25)10-8-18(17)13-21/h3-8,10,12-13,23,26H,9,11,14H2,1-2H3. The van der Waals surface area contributed by atoms with E-state index in [-0.39, 0.29) is 23.6 Å². The summed E-state index contributed by atoms with van der Waals surface area (Å²) in [5, 5.41) is 4.55. The zero-order valence-electron chi connectivity index (χ0n) is 17.7. The summed E-state index contributed by atoms with van der Waals surface area (Å²) in [6.07, 6.45) is 2.29. The van der Waals surface area contributed by atoms with E-state index in [2.05, 4.69) is 14.6 Å². The smallest absolute Gasteiger partial charge is 0.387 e. The summed E-state index contributed by atoms with van der Waals surface area (Å²) in [6.45, 7) is 0.986. The Kier molecular flexibility index (Phi) is 6.12. The number of ether oxygens (including phenoxy) is 1. The van der Waals surface area contributed by atoms with Gasteiger partial charge >= 0.3 is 6.61 Å². The number of alkyl halides is 2. The lowest BCUT2D eigenvalue weighted by molar-refractivity contribution is -0.0498. The van der Waals surface area contributed by atoms with Crippen molar-refractivity contribution in [3.8, 4) is 11.4 Å². The number of hydrogen-bond donors (Lipinski definition) is 1. The van der Waals surface area contributed by atoms with Gasteiger partial charge in [-0.2, -0.15) is 13.9 Å². The molecule has 168 valence electrons. The van der Waals surface area contributed by atoms with E-state index in [1.165, 1.54) is 12.1 Å². The predicted octanol–water partition coefficient (Wildman–Crippen LogP) is 4.50. The summed E-state index contributed by atoms with van der Waals surface area (Å²) in [5.41, 5.74) is 4.81. The second-order valence-electron chi connectivity index (χ2n) is 7.57. The van der Waals surface area contributed by atoms with Crippen molar-refractivity contribution in [2.24, 2.45) is 0 Å². The number of nitrogens with one attached hydrogen (secondary N) is 1. The Balaban J connectivity index is 1.52. The van der Waals surface area contributed by atoms with E-state index in [1.54, 1.807) is 16.8 Å². The molecule has 6 nitrogen and oxygen atoms in total. The number of rotatable bonds is 7. The lowest BCUT2D eigenvalue weighted by atomic mass is 9.97. The van der Waals surface area contributed by atoms with Crippen LogP contribution in [0.15, 0.2) is 53.4 Å². The van der Waals surface area contributed by atoms with Gasteiger partial charge in [0, 0.05) is 17.8 Å². The van der Waals surface area contributed by atoms with Crippen molar-refractivity contribution >= 4 is 16.1 Å². The van der Waals surface area contributed by atoms with E-state index in [4.69, 9.17) is 0 Å². The van der Waals surface area contributed by atoms with E-state index in [1.807, 2.05) is 44.2 Å². The lowest BCUT2D eigenvalue weighted by Gasteiger charge is -2.18. The Hall–Kier alpha value is -3.04. The van der Waals surface area contributed by atoms with Crippen molar-refractivity contribution in [1.29, 1.82) is 0 Å². The molecule has 1 heterocycles. The molecule has 1 N–H and O–H groups in total. The zero-order chi connectivity index (χ0) is 22.9. The number of fused-ring (bicyclic) bond motifs is 1. The highest BCUT2D eigenvalue weighted by atomic mass is 32.2. The summed E-state index contributed by atoms with van der Waals surface area (Å²) >= 11 is 0. The molecule has 1 aliphatic carbocycles. The van der Waals surface area contributed by atoms with Gasteiger partial charge in [-0.3, -0.25) is 0 Å². The van der Waals surface area contributed by atoms with Crippen molar-refractivity contribution in [2.75, 3.05) is 0 Å².